The van der Waals surface area contributed by atoms with Gasteiger partial charge >= 0.3 is 0 Å². The van der Waals surface area contributed by atoms with E-state index in [0.29, 0.717) is 27.7 Å². The number of thiazole rings is 1. The number of nitrogens with one attached hydrogen (secondary N) is 1. The Kier molecular flexibility index (Phi) is 5.12. The van der Waals surface area contributed by atoms with Crippen molar-refractivity contribution in [2.75, 3.05) is 24.5 Å². The number of phenolic OH excluding ortho intramolecular Hbond substituents is 1. The Hall–Kier alpha value is -2.58. The molecule has 2 N–H and O–H groups in total. The third-order valence-electron chi connectivity index (χ3n) is 5.80. The normalized spacial score (nSPS) is 18.9. The Labute approximate surface area is 178 Å². The van der Waals surface area contributed by atoms with E-state index < -0.39 is 5.82 Å². The van der Waals surface area contributed by atoms with Crippen LogP contribution in [0.5, 0.6) is 5.75 Å². The van der Waals surface area contributed by atoms with Crippen molar-refractivity contribution in [3.63, 3.8) is 0 Å². The summed E-state index contributed by atoms with van der Waals surface area (Å²) in [5.74, 6) is 1.25. The van der Waals surface area contributed by atoms with E-state index in [1.54, 1.807) is 12.3 Å². The molecule has 0 bridgehead atoms. The maximum atomic E-state index is 14.7. The Bertz CT molecular complexity index is 1050. The molecule has 6 nitrogen and oxygen atoms in total. The van der Waals surface area contributed by atoms with Gasteiger partial charge in [0.2, 0.25) is 0 Å². The van der Waals surface area contributed by atoms with Gasteiger partial charge < -0.3 is 15.3 Å². The predicted molar refractivity (Wildman–Crippen MR) is 116 cm³/mol. The average Bonchev–Trinajstić information content (AvgIpc) is 3.28. The highest BCUT2D eigenvalue weighted by molar-refractivity contribution is 7.15. The number of hydrogen-bond donors (Lipinski definition) is 2. The number of rotatable bonds is 6. The number of phenols is 1. The number of hydrogen-bond acceptors (Lipinski definition) is 7. The van der Waals surface area contributed by atoms with Gasteiger partial charge in [0, 0.05) is 36.5 Å². The standard InChI is InChI=1S/C22H24FN5OS/c1-13-24-11-21(30-13)16-9-20(29)17(8-18(16)23)19-4-5-22(27-26-19)28-7-6-15(12-28)25-10-14-2-3-14/h4-5,8-9,11,14-15,25,29H,2-3,6-7,10,12H2,1H3/t15-/m1/s1. The lowest BCUT2D eigenvalue weighted by atomic mass is 10.1. The highest BCUT2D eigenvalue weighted by Gasteiger charge is 2.27. The number of aromatic nitrogens is 3. The first-order valence-electron chi connectivity index (χ1n) is 10.3. The third kappa shape index (κ3) is 4.02. The lowest BCUT2D eigenvalue weighted by molar-refractivity contribution is 0.475. The monoisotopic (exact) mass is 425 g/mol. The minimum Gasteiger partial charge on any atom is -0.507 e. The van der Waals surface area contributed by atoms with E-state index in [2.05, 4.69) is 25.4 Å². The van der Waals surface area contributed by atoms with E-state index in [1.165, 1.54) is 36.3 Å². The smallest absolute Gasteiger partial charge is 0.151 e. The van der Waals surface area contributed by atoms with Crippen LogP contribution in [-0.2, 0) is 0 Å². The molecule has 5 rings (SSSR count). The van der Waals surface area contributed by atoms with E-state index in [4.69, 9.17) is 0 Å². The molecule has 0 unspecified atom stereocenters. The van der Waals surface area contributed by atoms with Crippen LogP contribution in [0.25, 0.3) is 21.7 Å². The zero-order chi connectivity index (χ0) is 20.7. The molecular formula is C22H24FN5OS. The van der Waals surface area contributed by atoms with Gasteiger partial charge in [0.1, 0.15) is 11.6 Å². The lowest BCUT2D eigenvalue weighted by Gasteiger charge is -2.17. The maximum absolute atomic E-state index is 14.7. The molecule has 1 saturated heterocycles. The topological polar surface area (TPSA) is 74.2 Å². The van der Waals surface area contributed by atoms with Crippen molar-refractivity contribution in [1.29, 1.82) is 0 Å². The summed E-state index contributed by atoms with van der Waals surface area (Å²) < 4.78 is 14.7. The van der Waals surface area contributed by atoms with Crippen molar-refractivity contribution >= 4 is 17.2 Å². The number of benzene rings is 1. The summed E-state index contributed by atoms with van der Waals surface area (Å²) in [5.41, 5.74) is 1.12. The zero-order valence-corrected chi connectivity index (χ0v) is 17.6. The quantitative estimate of drug-likeness (QED) is 0.622. The molecule has 30 heavy (non-hydrogen) atoms. The molecule has 1 aliphatic carbocycles. The maximum Gasteiger partial charge on any atom is 0.151 e. The summed E-state index contributed by atoms with van der Waals surface area (Å²) in [4.78, 5) is 7.07. The molecule has 2 fully saturated rings. The summed E-state index contributed by atoms with van der Waals surface area (Å²) in [6, 6.07) is 6.93. The first-order chi connectivity index (χ1) is 14.6. The molecule has 1 aliphatic heterocycles. The Morgan fingerprint density at radius 2 is 2.07 bits per heavy atom. The Balaban J connectivity index is 1.31. The van der Waals surface area contributed by atoms with Crippen LogP contribution in [0, 0.1) is 18.7 Å². The van der Waals surface area contributed by atoms with Crippen molar-refractivity contribution in [3.05, 3.63) is 41.3 Å². The minimum absolute atomic E-state index is 0.0231. The first kappa shape index (κ1) is 19.4. The largest absolute Gasteiger partial charge is 0.507 e. The second-order valence-electron chi connectivity index (χ2n) is 8.15. The molecule has 3 heterocycles. The minimum atomic E-state index is -0.415. The van der Waals surface area contributed by atoms with Crippen molar-refractivity contribution in [1.82, 2.24) is 20.5 Å². The van der Waals surface area contributed by atoms with Gasteiger partial charge in [-0.2, -0.15) is 0 Å². The van der Waals surface area contributed by atoms with Gasteiger partial charge in [-0.15, -0.1) is 21.5 Å². The first-order valence-corrected chi connectivity index (χ1v) is 11.2. The molecule has 2 aliphatic rings. The third-order valence-corrected chi connectivity index (χ3v) is 6.75. The van der Waals surface area contributed by atoms with Gasteiger partial charge in [-0.1, -0.05) is 0 Å². The van der Waals surface area contributed by atoms with Crippen molar-refractivity contribution in [3.8, 4) is 27.4 Å². The number of nitrogens with zero attached hydrogens (tertiary/aromatic N) is 4. The lowest BCUT2D eigenvalue weighted by Crippen LogP contribution is -2.34. The number of aryl methyl sites for hydroxylation is 1. The van der Waals surface area contributed by atoms with Gasteiger partial charge in [0.25, 0.3) is 0 Å². The highest BCUT2D eigenvalue weighted by Crippen LogP contribution is 2.37. The predicted octanol–water partition coefficient (Wildman–Crippen LogP) is 4.00. The van der Waals surface area contributed by atoms with Crippen molar-refractivity contribution in [2.45, 2.75) is 32.2 Å². The molecule has 156 valence electrons. The van der Waals surface area contributed by atoms with Gasteiger partial charge in [0.15, 0.2) is 5.82 Å². The fourth-order valence-electron chi connectivity index (χ4n) is 3.87. The average molecular weight is 426 g/mol. The molecule has 0 spiro atoms. The molecule has 0 radical (unpaired) electrons. The van der Waals surface area contributed by atoms with Crippen LogP contribution in [0.2, 0.25) is 0 Å². The summed E-state index contributed by atoms with van der Waals surface area (Å²) in [6.07, 6.45) is 5.43. The zero-order valence-electron chi connectivity index (χ0n) is 16.8. The van der Waals surface area contributed by atoms with Gasteiger partial charge in [-0.25, -0.2) is 9.37 Å². The molecule has 3 aromatic rings. The van der Waals surface area contributed by atoms with Crippen molar-refractivity contribution in [2.24, 2.45) is 5.92 Å². The Morgan fingerprint density at radius 1 is 1.20 bits per heavy atom. The van der Waals surface area contributed by atoms with Crippen LogP contribution in [0.15, 0.2) is 30.5 Å². The van der Waals surface area contributed by atoms with Crippen LogP contribution in [-0.4, -0.2) is 46.0 Å². The van der Waals surface area contributed by atoms with Crippen molar-refractivity contribution < 1.29 is 9.50 Å². The summed E-state index contributed by atoms with van der Waals surface area (Å²) in [5, 5.41) is 23.6. The molecular weight excluding hydrogens is 401 g/mol. The fraction of sp³-hybridized carbons (Fsp3) is 0.409. The molecule has 1 saturated carbocycles. The summed E-state index contributed by atoms with van der Waals surface area (Å²) in [6.45, 7) is 4.84. The second kappa shape index (κ2) is 7.92. The molecule has 1 atom stereocenters. The SMILES string of the molecule is Cc1ncc(-c2cc(O)c(-c3ccc(N4CC[C@@H](NCC5CC5)C4)nn3)cc2F)s1. The highest BCUT2D eigenvalue weighted by atomic mass is 32.1. The number of anilines is 1. The molecule has 8 heteroatoms. The van der Waals surface area contributed by atoms with Crippen LogP contribution in [0.3, 0.4) is 0 Å². The fourth-order valence-corrected chi connectivity index (χ4v) is 4.66. The number of halogens is 1. The van der Waals surface area contributed by atoms with E-state index in [0.717, 1.165) is 42.8 Å². The second-order valence-corrected chi connectivity index (χ2v) is 9.39. The Morgan fingerprint density at radius 3 is 2.77 bits per heavy atom. The molecule has 0 amide bonds. The van der Waals surface area contributed by atoms with Gasteiger partial charge in [-0.05, 0) is 62.9 Å². The van der Waals surface area contributed by atoms with E-state index in [-0.39, 0.29) is 5.75 Å². The van der Waals surface area contributed by atoms with E-state index in [9.17, 15) is 9.50 Å². The van der Waals surface area contributed by atoms with Crippen LogP contribution in [0.1, 0.15) is 24.3 Å². The molecule has 2 aromatic heterocycles. The van der Waals surface area contributed by atoms with Gasteiger partial charge in [-0.3, -0.25) is 0 Å². The van der Waals surface area contributed by atoms with E-state index >= 15 is 0 Å². The van der Waals surface area contributed by atoms with Crippen LogP contribution < -0.4 is 10.2 Å². The number of aromatic hydroxyl groups is 1. The summed E-state index contributed by atoms with van der Waals surface area (Å²) >= 11 is 1.39. The van der Waals surface area contributed by atoms with E-state index in [1.807, 2.05) is 13.0 Å². The molecule has 1 aromatic carbocycles. The van der Waals surface area contributed by atoms with Crippen LogP contribution in [0.4, 0.5) is 10.2 Å². The van der Waals surface area contributed by atoms with Crippen LogP contribution >= 0.6 is 11.3 Å². The van der Waals surface area contributed by atoms with Gasteiger partial charge in [0.05, 0.1) is 15.6 Å². The summed E-state index contributed by atoms with van der Waals surface area (Å²) in [7, 11) is 0.